The summed E-state index contributed by atoms with van der Waals surface area (Å²) in [6.07, 6.45) is 8.26. The molecule has 0 aromatic carbocycles. The molecule has 1 unspecified atom stereocenters. The van der Waals surface area contributed by atoms with Gasteiger partial charge < -0.3 is 10.1 Å². The summed E-state index contributed by atoms with van der Waals surface area (Å²) >= 11 is 0. The Kier molecular flexibility index (Phi) is 4.51. The van der Waals surface area contributed by atoms with Crippen LogP contribution in [0.2, 0.25) is 0 Å². The Bertz CT molecular complexity index is 455. The summed E-state index contributed by atoms with van der Waals surface area (Å²) in [5.74, 6) is 2.49. The Morgan fingerprint density at radius 2 is 2.10 bits per heavy atom. The molecule has 0 spiro atoms. The number of aryl methyl sites for hydroxylation is 1. The maximum atomic E-state index is 5.50. The van der Waals surface area contributed by atoms with Crippen molar-refractivity contribution in [1.82, 2.24) is 9.97 Å². The fraction of sp³-hybridized carbons (Fsp3) is 0.750. The molecule has 2 aliphatic rings. The van der Waals surface area contributed by atoms with Crippen LogP contribution in [0.15, 0.2) is 0 Å². The Labute approximate surface area is 121 Å². The van der Waals surface area contributed by atoms with Crippen LogP contribution in [0.3, 0.4) is 0 Å². The van der Waals surface area contributed by atoms with Crippen molar-refractivity contribution < 1.29 is 4.74 Å². The first-order chi connectivity index (χ1) is 9.88. The van der Waals surface area contributed by atoms with Crippen LogP contribution in [0.4, 0.5) is 5.82 Å². The summed E-state index contributed by atoms with van der Waals surface area (Å²) < 4.78 is 5.50. The first-order valence-electron chi connectivity index (χ1n) is 8.09. The van der Waals surface area contributed by atoms with E-state index in [1.54, 1.807) is 0 Å². The van der Waals surface area contributed by atoms with Gasteiger partial charge in [-0.1, -0.05) is 13.3 Å². The topological polar surface area (TPSA) is 47.0 Å². The lowest BCUT2D eigenvalue weighted by Gasteiger charge is -2.16. The summed E-state index contributed by atoms with van der Waals surface area (Å²) in [6.45, 7) is 4.82. The summed E-state index contributed by atoms with van der Waals surface area (Å²) in [5.41, 5.74) is 2.66. The van der Waals surface area contributed by atoms with Gasteiger partial charge in [-0.3, -0.25) is 0 Å². The van der Waals surface area contributed by atoms with E-state index in [0.29, 0.717) is 5.92 Å². The average molecular weight is 275 g/mol. The molecular weight excluding hydrogens is 250 g/mol. The molecule has 20 heavy (non-hydrogen) atoms. The minimum atomic E-state index is 0.394. The van der Waals surface area contributed by atoms with E-state index < -0.39 is 0 Å². The third-order valence-electron chi connectivity index (χ3n) is 4.29. The van der Waals surface area contributed by atoms with Crippen LogP contribution in [0, 0.1) is 0 Å². The monoisotopic (exact) mass is 275 g/mol. The van der Waals surface area contributed by atoms with E-state index in [4.69, 9.17) is 14.7 Å². The fourth-order valence-electron chi connectivity index (χ4n) is 3.10. The zero-order chi connectivity index (χ0) is 13.8. The van der Waals surface area contributed by atoms with Gasteiger partial charge in [0.2, 0.25) is 0 Å². The van der Waals surface area contributed by atoms with Crippen LogP contribution in [0.1, 0.15) is 62.0 Å². The van der Waals surface area contributed by atoms with Gasteiger partial charge in [-0.25, -0.2) is 9.97 Å². The van der Waals surface area contributed by atoms with Crippen molar-refractivity contribution in [1.29, 1.82) is 0 Å². The van der Waals surface area contributed by atoms with Gasteiger partial charge >= 0.3 is 0 Å². The lowest BCUT2D eigenvalue weighted by Crippen LogP contribution is -2.14. The van der Waals surface area contributed by atoms with Gasteiger partial charge in [0.25, 0.3) is 0 Å². The van der Waals surface area contributed by atoms with E-state index in [0.717, 1.165) is 57.1 Å². The molecule has 0 radical (unpaired) electrons. The molecule has 1 atom stereocenters. The fourth-order valence-corrected chi connectivity index (χ4v) is 3.10. The minimum Gasteiger partial charge on any atom is -0.381 e. The first kappa shape index (κ1) is 13.8. The second kappa shape index (κ2) is 6.53. The largest absolute Gasteiger partial charge is 0.381 e. The maximum Gasteiger partial charge on any atom is 0.136 e. The van der Waals surface area contributed by atoms with Crippen molar-refractivity contribution in [2.45, 2.75) is 57.8 Å². The average Bonchev–Trinajstić information content (AvgIpc) is 2.90. The molecule has 1 aliphatic heterocycles. The van der Waals surface area contributed by atoms with Crippen molar-refractivity contribution in [3.63, 3.8) is 0 Å². The van der Waals surface area contributed by atoms with Gasteiger partial charge in [0.1, 0.15) is 11.6 Å². The molecular formula is C16H25N3O. The second-order valence-electron chi connectivity index (χ2n) is 5.90. The van der Waals surface area contributed by atoms with E-state index in [1.165, 1.54) is 30.5 Å². The summed E-state index contributed by atoms with van der Waals surface area (Å²) in [6, 6.07) is 0. The smallest absolute Gasteiger partial charge is 0.136 e. The lowest BCUT2D eigenvalue weighted by atomic mass is 10.1. The van der Waals surface area contributed by atoms with E-state index in [1.807, 2.05) is 0 Å². The van der Waals surface area contributed by atoms with Crippen LogP contribution in [0.25, 0.3) is 0 Å². The Morgan fingerprint density at radius 1 is 1.20 bits per heavy atom. The molecule has 0 amide bonds. The zero-order valence-electron chi connectivity index (χ0n) is 12.5. The van der Waals surface area contributed by atoms with Crippen molar-refractivity contribution in [3.05, 3.63) is 17.1 Å². The molecule has 3 rings (SSSR count). The van der Waals surface area contributed by atoms with E-state index in [-0.39, 0.29) is 0 Å². The molecule has 1 N–H and O–H groups in total. The summed E-state index contributed by atoms with van der Waals surface area (Å²) in [4.78, 5) is 9.74. The maximum absolute atomic E-state index is 5.50. The normalized spacial score (nSPS) is 22.4. The predicted octanol–water partition coefficient (Wildman–Crippen LogP) is 3.07. The Hall–Kier alpha value is -1.16. The van der Waals surface area contributed by atoms with Crippen molar-refractivity contribution in [3.8, 4) is 0 Å². The van der Waals surface area contributed by atoms with Crippen LogP contribution in [-0.2, 0) is 17.6 Å². The minimum absolute atomic E-state index is 0.394. The van der Waals surface area contributed by atoms with Gasteiger partial charge in [0, 0.05) is 30.3 Å². The molecule has 1 fully saturated rings. The number of rotatable bonds is 4. The van der Waals surface area contributed by atoms with Crippen molar-refractivity contribution >= 4 is 5.82 Å². The second-order valence-corrected chi connectivity index (χ2v) is 5.90. The van der Waals surface area contributed by atoms with Gasteiger partial charge in [-0.05, 0) is 38.5 Å². The highest BCUT2D eigenvalue weighted by Gasteiger charge is 2.24. The Morgan fingerprint density at radius 3 is 2.90 bits per heavy atom. The van der Waals surface area contributed by atoms with Crippen molar-refractivity contribution in [2.75, 3.05) is 25.1 Å². The van der Waals surface area contributed by atoms with Crippen LogP contribution in [-0.4, -0.2) is 29.7 Å². The number of anilines is 1. The van der Waals surface area contributed by atoms with Crippen LogP contribution < -0.4 is 5.32 Å². The first-order valence-corrected chi connectivity index (χ1v) is 8.09. The number of nitrogens with zero attached hydrogens (tertiary/aromatic N) is 2. The van der Waals surface area contributed by atoms with Crippen LogP contribution >= 0.6 is 0 Å². The number of hydrogen-bond acceptors (Lipinski definition) is 4. The molecule has 110 valence electrons. The molecule has 1 saturated heterocycles. The molecule has 1 aromatic rings. The Balaban J connectivity index is 1.93. The number of ether oxygens (including phenoxy) is 1. The van der Waals surface area contributed by atoms with Crippen molar-refractivity contribution in [2.24, 2.45) is 0 Å². The highest BCUT2D eigenvalue weighted by atomic mass is 16.5. The molecule has 1 aliphatic carbocycles. The predicted molar refractivity (Wildman–Crippen MR) is 80.2 cm³/mol. The number of aromatic nitrogens is 2. The van der Waals surface area contributed by atoms with E-state index in [9.17, 15) is 0 Å². The number of nitrogens with one attached hydrogen (secondary N) is 1. The quantitative estimate of drug-likeness (QED) is 0.858. The van der Waals surface area contributed by atoms with Gasteiger partial charge in [-0.15, -0.1) is 0 Å². The van der Waals surface area contributed by atoms with Crippen LogP contribution in [0.5, 0.6) is 0 Å². The molecule has 4 nitrogen and oxygen atoms in total. The lowest BCUT2D eigenvalue weighted by molar-refractivity contribution is 0.193. The SMILES string of the molecule is CCCNc1nc(C2CCOC2)nc2c1CCCCC2. The summed E-state index contributed by atoms with van der Waals surface area (Å²) in [5, 5.41) is 3.52. The van der Waals surface area contributed by atoms with E-state index in [2.05, 4.69) is 12.2 Å². The molecule has 1 aromatic heterocycles. The van der Waals surface area contributed by atoms with Gasteiger partial charge in [0.05, 0.1) is 6.61 Å². The van der Waals surface area contributed by atoms with E-state index >= 15 is 0 Å². The zero-order valence-corrected chi connectivity index (χ0v) is 12.5. The standard InChI is InChI=1S/C16H25N3O/c1-2-9-17-16-13-6-4-3-5-7-14(13)18-15(19-16)12-8-10-20-11-12/h12H,2-11H2,1H3,(H,17,18,19). The third kappa shape index (κ3) is 2.95. The molecule has 0 bridgehead atoms. The van der Waals surface area contributed by atoms with Gasteiger partial charge in [0.15, 0.2) is 0 Å². The molecule has 2 heterocycles. The molecule has 4 heteroatoms. The number of hydrogen-bond donors (Lipinski definition) is 1. The highest BCUT2D eigenvalue weighted by Crippen LogP contribution is 2.29. The highest BCUT2D eigenvalue weighted by molar-refractivity contribution is 5.47. The third-order valence-corrected chi connectivity index (χ3v) is 4.29. The number of fused-ring (bicyclic) bond motifs is 1. The van der Waals surface area contributed by atoms with Gasteiger partial charge in [-0.2, -0.15) is 0 Å². The summed E-state index contributed by atoms with van der Waals surface area (Å²) in [7, 11) is 0. The molecule has 0 saturated carbocycles.